The average Bonchev–Trinajstić information content (AvgIpc) is 2.63. The van der Waals surface area contributed by atoms with Crippen molar-refractivity contribution >= 4 is 11.7 Å². The van der Waals surface area contributed by atoms with Crippen LogP contribution in [0.4, 0.5) is 10.5 Å². The van der Waals surface area contributed by atoms with E-state index in [0.717, 1.165) is 16.9 Å². The Balaban J connectivity index is 1.91. The third-order valence-electron chi connectivity index (χ3n) is 3.66. The van der Waals surface area contributed by atoms with Crippen molar-refractivity contribution in [1.29, 1.82) is 0 Å². The van der Waals surface area contributed by atoms with Gasteiger partial charge < -0.3 is 25.2 Å². The summed E-state index contributed by atoms with van der Waals surface area (Å²) in [5, 5.41) is 14.5. The fourth-order valence-corrected chi connectivity index (χ4v) is 2.28. The number of benzene rings is 2. The first kappa shape index (κ1) is 18.8. The molecule has 2 aromatic rings. The summed E-state index contributed by atoms with van der Waals surface area (Å²) >= 11 is 0. The Labute approximate surface area is 147 Å². The van der Waals surface area contributed by atoms with Crippen LogP contribution in [0.2, 0.25) is 0 Å². The maximum atomic E-state index is 12.1. The summed E-state index contributed by atoms with van der Waals surface area (Å²) in [5.41, 5.74) is 2.76. The molecule has 0 spiro atoms. The molecule has 0 radical (unpaired) electrons. The number of carbonyl (C=O) groups is 1. The zero-order chi connectivity index (χ0) is 18.1. The third-order valence-corrected chi connectivity index (χ3v) is 3.66. The predicted molar refractivity (Wildman–Crippen MR) is 97.0 cm³/mol. The van der Waals surface area contributed by atoms with Crippen LogP contribution in [0.25, 0.3) is 0 Å². The first-order valence-electron chi connectivity index (χ1n) is 8.10. The zero-order valence-electron chi connectivity index (χ0n) is 14.5. The molecule has 0 aliphatic rings. The largest absolute Gasteiger partial charge is 0.497 e. The lowest BCUT2D eigenvalue weighted by atomic mass is 10.1. The maximum Gasteiger partial charge on any atom is 0.319 e. The fraction of sp³-hybridized carbons (Fsp3) is 0.316. The molecule has 6 heteroatoms. The smallest absolute Gasteiger partial charge is 0.319 e. The van der Waals surface area contributed by atoms with Gasteiger partial charge in [-0.25, -0.2) is 4.79 Å². The topological polar surface area (TPSA) is 79.8 Å². The van der Waals surface area contributed by atoms with Gasteiger partial charge in [-0.05, 0) is 36.8 Å². The Kier molecular flexibility index (Phi) is 7.25. The van der Waals surface area contributed by atoms with Crippen LogP contribution in [-0.2, 0) is 4.74 Å². The Hall–Kier alpha value is -2.57. The number of anilines is 1. The number of ether oxygens (including phenoxy) is 2. The summed E-state index contributed by atoms with van der Waals surface area (Å²) in [6.45, 7) is 2.44. The normalized spacial score (nSPS) is 11.6. The van der Waals surface area contributed by atoms with E-state index >= 15 is 0 Å². The molecule has 0 aromatic heterocycles. The monoisotopic (exact) mass is 344 g/mol. The number of methoxy groups -OCH3 is 1. The molecule has 0 saturated heterocycles. The molecule has 134 valence electrons. The SMILES string of the molecule is COc1ccc(NC(=O)NC[C@H](OCCO)c2ccc(C)cc2)cc1. The minimum Gasteiger partial charge on any atom is -0.497 e. The van der Waals surface area contributed by atoms with Crippen LogP contribution in [0.5, 0.6) is 5.75 Å². The van der Waals surface area contributed by atoms with E-state index in [1.165, 1.54) is 0 Å². The molecule has 0 unspecified atom stereocenters. The van der Waals surface area contributed by atoms with Crippen molar-refractivity contribution in [2.75, 3.05) is 32.2 Å². The zero-order valence-corrected chi connectivity index (χ0v) is 14.5. The number of rotatable bonds is 8. The van der Waals surface area contributed by atoms with E-state index in [0.29, 0.717) is 12.2 Å². The van der Waals surface area contributed by atoms with Crippen molar-refractivity contribution < 1.29 is 19.4 Å². The Morgan fingerprint density at radius 3 is 2.40 bits per heavy atom. The van der Waals surface area contributed by atoms with E-state index < -0.39 is 0 Å². The highest BCUT2D eigenvalue weighted by Crippen LogP contribution is 2.18. The standard InChI is InChI=1S/C19H24N2O4/c1-14-3-5-15(6-4-14)18(25-12-11-22)13-20-19(23)21-16-7-9-17(24-2)10-8-16/h3-10,18,22H,11-13H2,1-2H3,(H2,20,21,23)/t18-/m0/s1. The van der Waals surface area contributed by atoms with Crippen LogP contribution in [0.1, 0.15) is 17.2 Å². The van der Waals surface area contributed by atoms with E-state index in [2.05, 4.69) is 10.6 Å². The highest BCUT2D eigenvalue weighted by atomic mass is 16.5. The van der Waals surface area contributed by atoms with E-state index in [4.69, 9.17) is 14.6 Å². The van der Waals surface area contributed by atoms with Crippen molar-refractivity contribution in [2.45, 2.75) is 13.0 Å². The quantitative estimate of drug-likeness (QED) is 0.688. The molecule has 1 atom stereocenters. The molecule has 2 aromatic carbocycles. The van der Waals surface area contributed by atoms with Crippen molar-refractivity contribution in [3.05, 3.63) is 59.7 Å². The van der Waals surface area contributed by atoms with E-state index in [1.54, 1.807) is 31.4 Å². The minimum absolute atomic E-state index is 0.0690. The summed E-state index contributed by atoms with van der Waals surface area (Å²) in [6, 6.07) is 14.6. The Bertz CT molecular complexity index is 656. The first-order valence-corrected chi connectivity index (χ1v) is 8.10. The van der Waals surface area contributed by atoms with Gasteiger partial charge in [-0.1, -0.05) is 29.8 Å². The lowest BCUT2D eigenvalue weighted by molar-refractivity contribution is 0.0297. The number of hydrogen-bond acceptors (Lipinski definition) is 4. The highest BCUT2D eigenvalue weighted by molar-refractivity contribution is 5.89. The van der Waals surface area contributed by atoms with Crippen LogP contribution in [-0.4, -0.2) is 38.0 Å². The summed E-state index contributed by atoms with van der Waals surface area (Å²) in [4.78, 5) is 12.1. The molecule has 0 saturated carbocycles. The van der Waals surface area contributed by atoms with Crippen LogP contribution in [0, 0.1) is 6.92 Å². The molecule has 2 rings (SSSR count). The molecule has 0 bridgehead atoms. The number of aliphatic hydroxyl groups is 1. The van der Waals surface area contributed by atoms with Crippen LogP contribution >= 0.6 is 0 Å². The Morgan fingerprint density at radius 1 is 1.12 bits per heavy atom. The van der Waals surface area contributed by atoms with Crippen molar-refractivity contribution in [3.8, 4) is 5.75 Å². The second-order valence-corrected chi connectivity index (χ2v) is 5.56. The Morgan fingerprint density at radius 2 is 1.80 bits per heavy atom. The maximum absolute atomic E-state index is 12.1. The molecule has 0 heterocycles. The second-order valence-electron chi connectivity index (χ2n) is 5.56. The summed E-state index contributed by atoms with van der Waals surface area (Å²) in [6.07, 6.45) is -0.325. The average molecular weight is 344 g/mol. The predicted octanol–water partition coefficient (Wildman–Crippen LogP) is 2.88. The van der Waals surface area contributed by atoms with E-state index in [1.807, 2.05) is 31.2 Å². The van der Waals surface area contributed by atoms with E-state index in [9.17, 15) is 4.79 Å². The number of nitrogens with one attached hydrogen (secondary N) is 2. The van der Waals surface area contributed by atoms with Crippen molar-refractivity contribution in [3.63, 3.8) is 0 Å². The number of aliphatic hydroxyl groups excluding tert-OH is 1. The number of hydrogen-bond donors (Lipinski definition) is 3. The number of amides is 2. The van der Waals surface area contributed by atoms with Gasteiger partial charge in [0.25, 0.3) is 0 Å². The van der Waals surface area contributed by atoms with Gasteiger partial charge in [-0.2, -0.15) is 0 Å². The highest BCUT2D eigenvalue weighted by Gasteiger charge is 2.13. The van der Waals surface area contributed by atoms with Gasteiger partial charge >= 0.3 is 6.03 Å². The second kappa shape index (κ2) is 9.66. The number of urea groups is 1. The van der Waals surface area contributed by atoms with Crippen LogP contribution in [0.3, 0.4) is 0 Å². The molecule has 3 N–H and O–H groups in total. The summed E-state index contributed by atoms with van der Waals surface area (Å²) in [5.74, 6) is 0.725. The van der Waals surface area contributed by atoms with Crippen LogP contribution in [0.15, 0.2) is 48.5 Å². The van der Waals surface area contributed by atoms with Gasteiger partial charge in [0.2, 0.25) is 0 Å². The molecule has 6 nitrogen and oxygen atoms in total. The van der Waals surface area contributed by atoms with Gasteiger partial charge in [0.1, 0.15) is 5.75 Å². The summed E-state index contributed by atoms with van der Waals surface area (Å²) < 4.78 is 10.7. The van der Waals surface area contributed by atoms with E-state index in [-0.39, 0.29) is 25.3 Å². The molecule has 0 aliphatic carbocycles. The molecule has 0 fully saturated rings. The fourth-order valence-electron chi connectivity index (χ4n) is 2.28. The van der Waals surface area contributed by atoms with Gasteiger partial charge in [-0.15, -0.1) is 0 Å². The lowest BCUT2D eigenvalue weighted by Gasteiger charge is -2.19. The lowest BCUT2D eigenvalue weighted by Crippen LogP contribution is -2.33. The molecular weight excluding hydrogens is 320 g/mol. The molecule has 2 amide bonds. The van der Waals surface area contributed by atoms with Gasteiger partial charge in [0.15, 0.2) is 0 Å². The number of carbonyl (C=O) groups excluding carboxylic acids is 1. The first-order chi connectivity index (χ1) is 12.1. The van der Waals surface area contributed by atoms with Crippen molar-refractivity contribution in [1.82, 2.24) is 5.32 Å². The van der Waals surface area contributed by atoms with Gasteiger partial charge in [-0.3, -0.25) is 0 Å². The number of aryl methyl sites for hydroxylation is 1. The van der Waals surface area contributed by atoms with Crippen LogP contribution < -0.4 is 15.4 Å². The van der Waals surface area contributed by atoms with Gasteiger partial charge in [0.05, 0.1) is 26.4 Å². The molecule has 25 heavy (non-hydrogen) atoms. The van der Waals surface area contributed by atoms with Crippen molar-refractivity contribution in [2.24, 2.45) is 0 Å². The summed E-state index contributed by atoms with van der Waals surface area (Å²) in [7, 11) is 1.59. The molecule has 0 aliphatic heterocycles. The molecular formula is C19H24N2O4. The minimum atomic E-state index is -0.325. The van der Waals surface area contributed by atoms with Gasteiger partial charge in [0, 0.05) is 12.2 Å². The third kappa shape index (κ3) is 6.10.